The molecule has 0 spiro atoms. The van der Waals surface area contributed by atoms with Crippen LogP contribution in [0.5, 0.6) is 0 Å². The summed E-state index contributed by atoms with van der Waals surface area (Å²) >= 11 is 0. The lowest BCUT2D eigenvalue weighted by Crippen LogP contribution is -2.30. The monoisotopic (exact) mass is 250 g/mol. The predicted octanol–water partition coefficient (Wildman–Crippen LogP) is 3.27. The topological polar surface area (TPSA) is 0 Å². The molecule has 0 bridgehead atoms. The van der Waals surface area contributed by atoms with Gasteiger partial charge in [-0.3, -0.25) is 0 Å². The first kappa shape index (κ1) is 12.6. The number of rotatable bonds is 5. The molecule has 0 aliphatic heterocycles. The fourth-order valence-corrected chi connectivity index (χ4v) is 4.23. The molecule has 1 heteroatoms. The maximum Gasteiger partial charge on any atom is 0.0977 e. The second-order valence-electron chi connectivity index (χ2n) is 4.40. The Bertz CT molecular complexity index is 511. The third kappa shape index (κ3) is 3.08. The van der Waals surface area contributed by atoms with E-state index in [4.69, 9.17) is 0 Å². The average molecular weight is 250 g/mol. The van der Waals surface area contributed by atoms with Crippen molar-refractivity contribution in [3.63, 3.8) is 0 Å². The molecular formula is C17H18Si. The number of hydrogen-bond donors (Lipinski definition) is 0. The van der Waals surface area contributed by atoms with Gasteiger partial charge in [0.05, 0.1) is 8.80 Å². The second-order valence-corrected chi connectivity index (χ2v) is 7.16. The van der Waals surface area contributed by atoms with Crippen LogP contribution < -0.4 is 5.19 Å². The largest absolute Gasteiger partial charge is 0.107 e. The Morgan fingerprint density at radius 2 is 1.56 bits per heavy atom. The minimum Gasteiger partial charge on any atom is -0.107 e. The average Bonchev–Trinajstić information content (AvgIpc) is 2.46. The molecule has 0 radical (unpaired) electrons. The number of hydrogen-bond acceptors (Lipinski definition) is 0. The molecule has 0 amide bonds. The van der Waals surface area contributed by atoms with Crippen LogP contribution in [-0.2, 0) is 6.04 Å². The van der Waals surface area contributed by atoms with Gasteiger partial charge in [0.15, 0.2) is 0 Å². The van der Waals surface area contributed by atoms with Gasteiger partial charge in [0.1, 0.15) is 0 Å². The van der Waals surface area contributed by atoms with E-state index in [1.54, 1.807) is 0 Å². The highest BCUT2D eigenvalue weighted by molar-refractivity contribution is 6.77. The van der Waals surface area contributed by atoms with Crippen LogP contribution in [0.3, 0.4) is 0 Å². The van der Waals surface area contributed by atoms with Crippen LogP contribution in [0.1, 0.15) is 11.1 Å². The quantitative estimate of drug-likeness (QED) is 0.715. The molecule has 0 heterocycles. The molecule has 0 saturated heterocycles. The van der Waals surface area contributed by atoms with Crippen LogP contribution in [0.15, 0.2) is 73.5 Å². The fraction of sp³-hybridized carbons (Fsp3) is 0.0588. The van der Waals surface area contributed by atoms with E-state index >= 15 is 0 Å². The lowest BCUT2D eigenvalue weighted by molar-refractivity contribution is 1.37. The van der Waals surface area contributed by atoms with Gasteiger partial charge in [0, 0.05) is 0 Å². The summed E-state index contributed by atoms with van der Waals surface area (Å²) in [5.41, 5.74) is 4.74. The molecular weight excluding hydrogens is 232 g/mol. The van der Waals surface area contributed by atoms with Crippen molar-refractivity contribution in [2.45, 2.75) is 6.04 Å². The maximum atomic E-state index is 4.02. The van der Waals surface area contributed by atoms with Gasteiger partial charge in [-0.25, -0.2) is 0 Å². The molecule has 18 heavy (non-hydrogen) atoms. The van der Waals surface area contributed by atoms with Crippen LogP contribution in [0.25, 0.3) is 6.08 Å². The molecule has 0 fully saturated rings. The molecule has 0 aliphatic carbocycles. The first-order valence-electron chi connectivity index (χ1n) is 6.22. The van der Waals surface area contributed by atoms with Gasteiger partial charge in [-0.05, 0) is 11.6 Å². The SMILES string of the molecule is C=Cc1ccc([SiH](C=C)Cc2ccccc2)cc1. The summed E-state index contributed by atoms with van der Waals surface area (Å²) in [4.78, 5) is 0. The van der Waals surface area contributed by atoms with Crippen molar-refractivity contribution in [1.29, 1.82) is 0 Å². The maximum absolute atomic E-state index is 4.02. The lowest BCUT2D eigenvalue weighted by Gasteiger charge is -2.11. The van der Waals surface area contributed by atoms with E-state index in [-0.39, 0.29) is 0 Å². The predicted molar refractivity (Wildman–Crippen MR) is 83.7 cm³/mol. The molecule has 1 unspecified atom stereocenters. The molecule has 0 aliphatic rings. The Labute approximate surface area is 111 Å². The van der Waals surface area contributed by atoms with Crippen molar-refractivity contribution in [1.82, 2.24) is 0 Å². The van der Waals surface area contributed by atoms with Crippen molar-refractivity contribution in [3.8, 4) is 0 Å². The number of benzene rings is 2. The van der Waals surface area contributed by atoms with Crippen LogP contribution >= 0.6 is 0 Å². The molecule has 2 aromatic carbocycles. The molecule has 2 aromatic rings. The fourth-order valence-electron chi connectivity index (χ4n) is 2.08. The minimum atomic E-state index is -1.10. The van der Waals surface area contributed by atoms with E-state index in [9.17, 15) is 0 Å². The van der Waals surface area contributed by atoms with Gasteiger partial charge in [0.2, 0.25) is 0 Å². The van der Waals surface area contributed by atoms with Crippen molar-refractivity contribution in [2.75, 3.05) is 0 Å². The summed E-state index contributed by atoms with van der Waals surface area (Å²) in [6.45, 7) is 7.80. The van der Waals surface area contributed by atoms with Gasteiger partial charge in [-0.15, -0.1) is 6.58 Å². The van der Waals surface area contributed by atoms with Crippen molar-refractivity contribution < 1.29 is 0 Å². The normalized spacial score (nSPS) is 11.8. The highest BCUT2D eigenvalue weighted by Gasteiger charge is 2.09. The molecule has 90 valence electrons. The molecule has 0 saturated carbocycles. The van der Waals surface area contributed by atoms with E-state index in [0.29, 0.717) is 0 Å². The molecule has 2 rings (SSSR count). The smallest absolute Gasteiger partial charge is 0.0977 e. The van der Waals surface area contributed by atoms with E-state index < -0.39 is 8.80 Å². The first-order valence-corrected chi connectivity index (χ1v) is 8.28. The Hall–Kier alpha value is -1.86. The zero-order valence-electron chi connectivity index (χ0n) is 10.5. The lowest BCUT2D eigenvalue weighted by atomic mass is 10.2. The van der Waals surface area contributed by atoms with Crippen LogP contribution in [-0.4, -0.2) is 8.80 Å². The van der Waals surface area contributed by atoms with E-state index in [1.807, 2.05) is 6.08 Å². The molecule has 1 atom stereocenters. The summed E-state index contributed by atoms with van der Waals surface area (Å²) < 4.78 is 0. The molecule has 0 aromatic heterocycles. The van der Waals surface area contributed by atoms with E-state index in [2.05, 4.69) is 73.5 Å². The summed E-state index contributed by atoms with van der Waals surface area (Å²) in [6.07, 6.45) is 1.88. The van der Waals surface area contributed by atoms with Crippen LogP contribution in [0.2, 0.25) is 0 Å². The first-order chi connectivity index (χ1) is 8.83. The van der Waals surface area contributed by atoms with E-state index in [1.165, 1.54) is 16.3 Å². The van der Waals surface area contributed by atoms with Crippen molar-refractivity contribution >= 4 is 20.1 Å². The van der Waals surface area contributed by atoms with Crippen LogP contribution in [0, 0.1) is 0 Å². The Morgan fingerprint density at radius 3 is 2.11 bits per heavy atom. The molecule has 0 nitrogen and oxygen atoms in total. The van der Waals surface area contributed by atoms with Gasteiger partial charge < -0.3 is 0 Å². The zero-order chi connectivity index (χ0) is 12.8. The van der Waals surface area contributed by atoms with Crippen LogP contribution in [0.4, 0.5) is 0 Å². The highest BCUT2D eigenvalue weighted by Crippen LogP contribution is 2.05. The van der Waals surface area contributed by atoms with Crippen molar-refractivity contribution in [2.24, 2.45) is 0 Å². The summed E-state index contributed by atoms with van der Waals surface area (Å²) in [5, 5.41) is 1.44. The van der Waals surface area contributed by atoms with Crippen molar-refractivity contribution in [3.05, 3.63) is 84.6 Å². The Morgan fingerprint density at radius 1 is 0.889 bits per heavy atom. The van der Waals surface area contributed by atoms with E-state index in [0.717, 1.165) is 6.04 Å². The Balaban J connectivity index is 2.17. The summed E-state index contributed by atoms with van der Waals surface area (Å²) in [5.74, 6) is 0. The van der Waals surface area contributed by atoms with Gasteiger partial charge in [-0.1, -0.05) is 83.7 Å². The summed E-state index contributed by atoms with van der Waals surface area (Å²) in [6, 6.07) is 20.5. The van der Waals surface area contributed by atoms with Gasteiger partial charge in [-0.2, -0.15) is 0 Å². The standard InChI is InChI=1S/C17H18Si/c1-3-15-10-12-17(13-11-15)18(4-2)14-16-8-6-5-7-9-16/h3-13,18H,1-2,14H2. The summed E-state index contributed by atoms with van der Waals surface area (Å²) in [7, 11) is -1.10. The molecule has 0 N–H and O–H groups in total. The van der Waals surface area contributed by atoms with Gasteiger partial charge >= 0.3 is 0 Å². The Kier molecular flexibility index (Phi) is 4.32. The highest BCUT2D eigenvalue weighted by atomic mass is 28.3. The third-order valence-electron chi connectivity index (χ3n) is 3.18. The third-order valence-corrected chi connectivity index (χ3v) is 5.90. The van der Waals surface area contributed by atoms with Gasteiger partial charge in [0.25, 0.3) is 0 Å². The zero-order valence-corrected chi connectivity index (χ0v) is 11.7. The second kappa shape index (κ2) is 6.17. The minimum absolute atomic E-state index is 1.10.